The molecular formula is C42H82O4. The molecule has 4 nitrogen and oxygen atoms in total. The van der Waals surface area contributed by atoms with E-state index in [9.17, 15) is 9.59 Å². The van der Waals surface area contributed by atoms with Gasteiger partial charge in [-0.15, -0.1) is 0 Å². The molecule has 0 heterocycles. The highest BCUT2D eigenvalue weighted by atomic mass is 16.5. The maximum Gasteiger partial charge on any atom is 0.306 e. The number of carboxylic acid groups (broad SMARTS) is 1. The monoisotopic (exact) mass is 651 g/mol. The lowest BCUT2D eigenvalue weighted by Crippen LogP contribution is -2.18. The molecule has 0 aliphatic heterocycles. The zero-order chi connectivity index (χ0) is 33.6. The van der Waals surface area contributed by atoms with E-state index in [0.29, 0.717) is 6.42 Å². The molecule has 1 N–H and O–H groups in total. The van der Waals surface area contributed by atoms with Gasteiger partial charge in [-0.25, -0.2) is 0 Å². The van der Waals surface area contributed by atoms with Gasteiger partial charge < -0.3 is 9.84 Å². The Kier molecular flexibility index (Phi) is 37.5. The van der Waals surface area contributed by atoms with Gasteiger partial charge in [-0.1, -0.05) is 200 Å². The highest BCUT2D eigenvalue weighted by Gasteiger charge is 2.14. The summed E-state index contributed by atoms with van der Waals surface area (Å²) in [6, 6.07) is 0. The summed E-state index contributed by atoms with van der Waals surface area (Å²) >= 11 is 0. The lowest BCUT2D eigenvalue weighted by atomic mass is 10.0. The van der Waals surface area contributed by atoms with Gasteiger partial charge in [0.1, 0.15) is 6.10 Å². The van der Waals surface area contributed by atoms with E-state index in [2.05, 4.69) is 13.8 Å². The molecule has 4 heteroatoms. The standard InChI is InChI=1S/C42H82O4/c1-3-5-7-9-11-13-15-17-18-19-20-21-23-25-27-29-35-39-42(45)46-40(37-33-30-31-34-38-41(43)44)36-32-28-26-24-22-16-14-12-10-8-6-4-2/h40H,3-39H2,1-2H3,(H,43,44). The van der Waals surface area contributed by atoms with Crippen molar-refractivity contribution in [1.82, 2.24) is 0 Å². The summed E-state index contributed by atoms with van der Waals surface area (Å²) in [5.41, 5.74) is 0. The van der Waals surface area contributed by atoms with Crippen molar-refractivity contribution in [3.05, 3.63) is 0 Å². The van der Waals surface area contributed by atoms with Crippen molar-refractivity contribution in [3.63, 3.8) is 0 Å². The minimum absolute atomic E-state index is 0.00391. The predicted octanol–water partition coefficient (Wildman–Crippen LogP) is 14.5. The number of carboxylic acids is 1. The van der Waals surface area contributed by atoms with Crippen LogP contribution in [0, 0.1) is 0 Å². The van der Waals surface area contributed by atoms with E-state index >= 15 is 0 Å². The van der Waals surface area contributed by atoms with E-state index in [1.807, 2.05) is 0 Å². The van der Waals surface area contributed by atoms with Crippen LogP contribution in [0.3, 0.4) is 0 Å². The molecule has 0 aromatic carbocycles. The Hall–Kier alpha value is -1.06. The second-order valence-corrected chi connectivity index (χ2v) is 14.5. The third-order valence-electron chi connectivity index (χ3n) is 9.83. The summed E-state index contributed by atoms with van der Waals surface area (Å²) < 4.78 is 5.99. The third kappa shape index (κ3) is 37.4. The fourth-order valence-electron chi connectivity index (χ4n) is 6.72. The molecule has 1 atom stereocenters. The Morgan fingerprint density at radius 3 is 0.957 bits per heavy atom. The minimum Gasteiger partial charge on any atom is -0.481 e. The van der Waals surface area contributed by atoms with Crippen LogP contribution in [-0.4, -0.2) is 23.1 Å². The van der Waals surface area contributed by atoms with Crippen LogP contribution in [0.5, 0.6) is 0 Å². The predicted molar refractivity (Wildman–Crippen MR) is 200 cm³/mol. The third-order valence-corrected chi connectivity index (χ3v) is 9.83. The van der Waals surface area contributed by atoms with Gasteiger partial charge in [-0.2, -0.15) is 0 Å². The molecule has 0 radical (unpaired) electrons. The topological polar surface area (TPSA) is 63.6 Å². The molecule has 0 saturated carbocycles. The number of carbonyl (C=O) groups is 2. The summed E-state index contributed by atoms with van der Waals surface area (Å²) in [5, 5.41) is 8.86. The number of ether oxygens (including phenoxy) is 1. The zero-order valence-electron chi connectivity index (χ0n) is 31.4. The van der Waals surface area contributed by atoms with Crippen molar-refractivity contribution in [2.75, 3.05) is 0 Å². The summed E-state index contributed by atoms with van der Waals surface area (Å²) in [7, 11) is 0. The van der Waals surface area contributed by atoms with Gasteiger partial charge in [0.25, 0.3) is 0 Å². The fraction of sp³-hybridized carbons (Fsp3) is 0.952. The Balaban J connectivity index is 3.89. The molecule has 0 aliphatic rings. The first-order chi connectivity index (χ1) is 22.6. The molecule has 274 valence electrons. The van der Waals surface area contributed by atoms with Crippen molar-refractivity contribution in [2.24, 2.45) is 0 Å². The number of carbonyl (C=O) groups excluding carboxylic acids is 1. The van der Waals surface area contributed by atoms with Crippen molar-refractivity contribution < 1.29 is 19.4 Å². The van der Waals surface area contributed by atoms with Gasteiger partial charge in [0, 0.05) is 12.8 Å². The van der Waals surface area contributed by atoms with Crippen LogP contribution >= 0.6 is 0 Å². The maximum atomic E-state index is 12.7. The van der Waals surface area contributed by atoms with Crippen LogP contribution in [0.4, 0.5) is 0 Å². The quantitative estimate of drug-likeness (QED) is 0.0531. The average Bonchev–Trinajstić information content (AvgIpc) is 3.04. The van der Waals surface area contributed by atoms with E-state index in [-0.39, 0.29) is 18.5 Å². The Labute approximate surface area is 288 Å². The normalized spacial score (nSPS) is 12.0. The number of hydrogen-bond donors (Lipinski definition) is 1. The zero-order valence-corrected chi connectivity index (χ0v) is 31.4. The van der Waals surface area contributed by atoms with Crippen LogP contribution in [0.15, 0.2) is 0 Å². The average molecular weight is 651 g/mol. The number of hydrogen-bond acceptors (Lipinski definition) is 3. The minimum atomic E-state index is -0.705. The molecule has 0 spiro atoms. The lowest BCUT2D eigenvalue weighted by Gasteiger charge is -2.18. The fourth-order valence-corrected chi connectivity index (χ4v) is 6.72. The van der Waals surface area contributed by atoms with Crippen LogP contribution in [-0.2, 0) is 14.3 Å². The van der Waals surface area contributed by atoms with Gasteiger partial charge in [0.15, 0.2) is 0 Å². The van der Waals surface area contributed by atoms with Crippen molar-refractivity contribution in [2.45, 2.75) is 258 Å². The Morgan fingerprint density at radius 2 is 0.652 bits per heavy atom. The molecule has 0 saturated heterocycles. The lowest BCUT2D eigenvalue weighted by molar-refractivity contribution is -0.150. The molecular weight excluding hydrogens is 568 g/mol. The highest BCUT2D eigenvalue weighted by Crippen LogP contribution is 2.19. The van der Waals surface area contributed by atoms with Gasteiger partial charge in [0.05, 0.1) is 0 Å². The summed E-state index contributed by atoms with van der Waals surface area (Å²) in [5.74, 6) is -0.709. The second-order valence-electron chi connectivity index (χ2n) is 14.5. The summed E-state index contributed by atoms with van der Waals surface area (Å²) in [4.78, 5) is 23.4. The van der Waals surface area contributed by atoms with Crippen LogP contribution in [0.1, 0.15) is 251 Å². The number of esters is 1. The van der Waals surface area contributed by atoms with Gasteiger partial charge in [0.2, 0.25) is 0 Å². The van der Waals surface area contributed by atoms with E-state index in [1.54, 1.807) is 0 Å². The summed E-state index contributed by atoms with van der Waals surface area (Å²) in [6.45, 7) is 4.57. The molecule has 0 aliphatic carbocycles. The smallest absolute Gasteiger partial charge is 0.306 e. The molecule has 1 unspecified atom stereocenters. The highest BCUT2D eigenvalue weighted by molar-refractivity contribution is 5.69. The van der Waals surface area contributed by atoms with Gasteiger partial charge >= 0.3 is 11.9 Å². The van der Waals surface area contributed by atoms with E-state index in [0.717, 1.165) is 57.8 Å². The SMILES string of the molecule is CCCCCCCCCCCCCCCCCCCC(=O)OC(CCCCCCCCCCCCCC)CCCCCCC(=O)O. The first kappa shape index (κ1) is 44.9. The molecule has 0 amide bonds. The van der Waals surface area contributed by atoms with Crippen molar-refractivity contribution in [1.29, 1.82) is 0 Å². The van der Waals surface area contributed by atoms with E-state index < -0.39 is 5.97 Å². The van der Waals surface area contributed by atoms with Crippen LogP contribution < -0.4 is 0 Å². The Bertz CT molecular complexity index is 619. The number of aliphatic carboxylic acids is 1. The molecule has 0 rings (SSSR count). The molecule has 0 aromatic heterocycles. The van der Waals surface area contributed by atoms with Gasteiger partial charge in [-0.3, -0.25) is 9.59 Å². The van der Waals surface area contributed by atoms with E-state index in [1.165, 1.54) is 167 Å². The van der Waals surface area contributed by atoms with Crippen molar-refractivity contribution in [3.8, 4) is 0 Å². The van der Waals surface area contributed by atoms with Crippen molar-refractivity contribution >= 4 is 11.9 Å². The first-order valence-corrected chi connectivity index (χ1v) is 21.0. The molecule has 46 heavy (non-hydrogen) atoms. The molecule has 0 aromatic rings. The molecule has 0 bridgehead atoms. The first-order valence-electron chi connectivity index (χ1n) is 21.0. The largest absolute Gasteiger partial charge is 0.481 e. The van der Waals surface area contributed by atoms with E-state index in [4.69, 9.17) is 9.84 Å². The second kappa shape index (κ2) is 38.4. The number of unbranched alkanes of at least 4 members (excludes halogenated alkanes) is 30. The maximum absolute atomic E-state index is 12.7. The van der Waals surface area contributed by atoms with Gasteiger partial charge in [-0.05, 0) is 38.5 Å². The van der Waals surface area contributed by atoms with Crippen LogP contribution in [0.25, 0.3) is 0 Å². The number of rotatable bonds is 39. The molecule has 0 fully saturated rings. The van der Waals surface area contributed by atoms with Crippen LogP contribution in [0.2, 0.25) is 0 Å². The Morgan fingerprint density at radius 1 is 0.391 bits per heavy atom. The summed E-state index contributed by atoms with van der Waals surface area (Å²) in [6.07, 6.45) is 45.5.